The summed E-state index contributed by atoms with van der Waals surface area (Å²) in [7, 11) is 2.05. The summed E-state index contributed by atoms with van der Waals surface area (Å²) in [5, 5.41) is 8.90. The van der Waals surface area contributed by atoms with Gasteiger partial charge in [0.05, 0.1) is 11.3 Å². The van der Waals surface area contributed by atoms with E-state index in [2.05, 4.69) is 27.9 Å². The SMILES string of the molecule is CN(CC1CCC1)c1ccc(C(=O)O)cc1Br. The van der Waals surface area contributed by atoms with Crippen LogP contribution in [0.15, 0.2) is 22.7 Å². The Labute approximate surface area is 110 Å². The van der Waals surface area contributed by atoms with E-state index in [9.17, 15) is 4.79 Å². The molecule has 2 rings (SSSR count). The molecule has 0 saturated heterocycles. The fraction of sp³-hybridized carbons (Fsp3) is 0.462. The summed E-state index contributed by atoms with van der Waals surface area (Å²) in [6, 6.07) is 5.18. The van der Waals surface area contributed by atoms with Gasteiger partial charge in [0.1, 0.15) is 0 Å². The highest BCUT2D eigenvalue weighted by Crippen LogP contribution is 2.31. The predicted molar refractivity (Wildman–Crippen MR) is 71.7 cm³/mol. The first-order chi connectivity index (χ1) is 8.08. The zero-order valence-electron chi connectivity index (χ0n) is 9.82. The van der Waals surface area contributed by atoms with Crippen LogP contribution in [0, 0.1) is 5.92 Å². The number of hydrogen-bond donors (Lipinski definition) is 1. The van der Waals surface area contributed by atoms with Crippen molar-refractivity contribution < 1.29 is 9.90 Å². The molecule has 1 saturated carbocycles. The average Bonchev–Trinajstić information content (AvgIpc) is 2.22. The molecule has 1 N–H and O–H groups in total. The molecule has 0 spiro atoms. The van der Waals surface area contributed by atoms with Crippen molar-refractivity contribution in [2.24, 2.45) is 5.92 Å². The molecule has 0 radical (unpaired) electrons. The molecule has 4 heteroatoms. The fourth-order valence-electron chi connectivity index (χ4n) is 2.11. The Hall–Kier alpha value is -1.03. The number of carboxylic acids is 1. The lowest BCUT2D eigenvalue weighted by atomic mass is 9.85. The Morgan fingerprint density at radius 1 is 1.53 bits per heavy atom. The summed E-state index contributed by atoms with van der Waals surface area (Å²) < 4.78 is 0.847. The number of rotatable bonds is 4. The highest BCUT2D eigenvalue weighted by atomic mass is 79.9. The molecule has 0 bridgehead atoms. The lowest BCUT2D eigenvalue weighted by molar-refractivity contribution is 0.0697. The van der Waals surface area contributed by atoms with E-state index >= 15 is 0 Å². The topological polar surface area (TPSA) is 40.5 Å². The maximum Gasteiger partial charge on any atom is 0.335 e. The molecule has 0 aliphatic heterocycles. The van der Waals surface area contributed by atoms with Gasteiger partial charge in [-0.1, -0.05) is 6.42 Å². The van der Waals surface area contributed by atoms with Crippen molar-refractivity contribution in [2.45, 2.75) is 19.3 Å². The van der Waals surface area contributed by atoms with Crippen molar-refractivity contribution in [3.05, 3.63) is 28.2 Å². The van der Waals surface area contributed by atoms with Gasteiger partial charge in [0, 0.05) is 18.1 Å². The van der Waals surface area contributed by atoms with Gasteiger partial charge in [-0.3, -0.25) is 0 Å². The number of nitrogens with zero attached hydrogens (tertiary/aromatic N) is 1. The first-order valence-electron chi connectivity index (χ1n) is 5.82. The Morgan fingerprint density at radius 2 is 2.24 bits per heavy atom. The molecule has 1 aromatic carbocycles. The van der Waals surface area contributed by atoms with E-state index in [4.69, 9.17) is 5.11 Å². The normalized spacial score (nSPS) is 15.4. The lowest BCUT2D eigenvalue weighted by Gasteiger charge is -2.31. The maximum absolute atomic E-state index is 10.8. The summed E-state index contributed by atoms with van der Waals surface area (Å²) in [5.74, 6) is -0.0926. The Balaban J connectivity index is 2.11. The number of aromatic carboxylic acids is 1. The molecule has 0 unspecified atom stereocenters. The second-order valence-corrected chi connectivity index (χ2v) is 5.50. The minimum atomic E-state index is -0.890. The molecule has 1 fully saturated rings. The molecule has 0 heterocycles. The van der Waals surface area contributed by atoms with Gasteiger partial charge in [-0.25, -0.2) is 4.79 Å². The van der Waals surface area contributed by atoms with Gasteiger partial charge in [-0.2, -0.15) is 0 Å². The van der Waals surface area contributed by atoms with E-state index in [1.165, 1.54) is 19.3 Å². The van der Waals surface area contributed by atoms with Crippen molar-refractivity contribution in [1.82, 2.24) is 0 Å². The maximum atomic E-state index is 10.8. The van der Waals surface area contributed by atoms with Crippen LogP contribution in [0.25, 0.3) is 0 Å². The molecule has 3 nitrogen and oxygen atoms in total. The van der Waals surface area contributed by atoms with Gasteiger partial charge in [0.2, 0.25) is 0 Å². The minimum Gasteiger partial charge on any atom is -0.478 e. The molecule has 17 heavy (non-hydrogen) atoms. The van der Waals surface area contributed by atoms with Crippen LogP contribution >= 0.6 is 15.9 Å². The van der Waals surface area contributed by atoms with E-state index in [0.29, 0.717) is 5.56 Å². The molecule has 92 valence electrons. The Morgan fingerprint density at radius 3 is 2.71 bits per heavy atom. The third-order valence-electron chi connectivity index (χ3n) is 3.36. The number of hydrogen-bond acceptors (Lipinski definition) is 2. The highest BCUT2D eigenvalue weighted by Gasteiger charge is 2.20. The standard InChI is InChI=1S/C13H16BrNO2/c1-15(8-9-3-2-4-9)12-6-5-10(13(16)17)7-11(12)14/h5-7,9H,2-4,8H2,1H3,(H,16,17). The number of anilines is 1. The highest BCUT2D eigenvalue weighted by molar-refractivity contribution is 9.10. The van der Waals surface area contributed by atoms with Crippen LogP contribution in [0.4, 0.5) is 5.69 Å². The second kappa shape index (κ2) is 5.08. The van der Waals surface area contributed by atoms with Crippen molar-refractivity contribution in [1.29, 1.82) is 0 Å². The van der Waals surface area contributed by atoms with Gasteiger partial charge < -0.3 is 10.0 Å². The molecule has 0 aromatic heterocycles. The summed E-state index contributed by atoms with van der Waals surface area (Å²) in [6.07, 6.45) is 3.97. The molecule has 0 atom stereocenters. The van der Waals surface area contributed by atoms with Crippen molar-refractivity contribution >= 4 is 27.6 Å². The largest absolute Gasteiger partial charge is 0.478 e. The van der Waals surface area contributed by atoms with E-state index in [1.54, 1.807) is 12.1 Å². The monoisotopic (exact) mass is 297 g/mol. The summed E-state index contributed by atoms with van der Waals surface area (Å²) in [6.45, 7) is 1.05. The molecule has 1 aromatic rings. The van der Waals surface area contributed by atoms with Gasteiger partial charge in [-0.15, -0.1) is 0 Å². The molecule has 1 aliphatic rings. The van der Waals surface area contributed by atoms with Crippen LogP contribution in [0.1, 0.15) is 29.6 Å². The van der Waals surface area contributed by atoms with Crippen LogP contribution in [0.5, 0.6) is 0 Å². The van der Waals surface area contributed by atoms with E-state index in [1.807, 2.05) is 6.07 Å². The van der Waals surface area contributed by atoms with Crippen LogP contribution in [0.3, 0.4) is 0 Å². The van der Waals surface area contributed by atoms with Gasteiger partial charge >= 0.3 is 5.97 Å². The summed E-state index contributed by atoms with van der Waals surface area (Å²) in [5.41, 5.74) is 1.37. The van der Waals surface area contributed by atoms with Crippen LogP contribution < -0.4 is 4.90 Å². The first kappa shape index (κ1) is 12.4. The van der Waals surface area contributed by atoms with E-state index < -0.39 is 5.97 Å². The molecular weight excluding hydrogens is 282 g/mol. The van der Waals surface area contributed by atoms with E-state index in [0.717, 1.165) is 22.6 Å². The molecule has 0 amide bonds. The predicted octanol–water partition coefficient (Wildman–Crippen LogP) is 3.38. The zero-order chi connectivity index (χ0) is 12.4. The van der Waals surface area contributed by atoms with E-state index in [-0.39, 0.29) is 0 Å². The van der Waals surface area contributed by atoms with Crippen LogP contribution in [-0.4, -0.2) is 24.7 Å². The second-order valence-electron chi connectivity index (χ2n) is 4.65. The van der Waals surface area contributed by atoms with Gasteiger partial charge in [0.15, 0.2) is 0 Å². The number of carbonyl (C=O) groups is 1. The summed E-state index contributed by atoms with van der Waals surface area (Å²) >= 11 is 3.44. The number of carboxylic acid groups (broad SMARTS) is 1. The Bertz CT molecular complexity index is 429. The minimum absolute atomic E-state index is 0.317. The summed E-state index contributed by atoms with van der Waals surface area (Å²) in [4.78, 5) is 13.0. The van der Waals surface area contributed by atoms with Crippen molar-refractivity contribution in [2.75, 3.05) is 18.5 Å². The Kier molecular flexibility index (Phi) is 3.72. The first-order valence-corrected chi connectivity index (χ1v) is 6.61. The third-order valence-corrected chi connectivity index (χ3v) is 4.00. The van der Waals surface area contributed by atoms with Gasteiger partial charge in [-0.05, 0) is 52.9 Å². The van der Waals surface area contributed by atoms with Gasteiger partial charge in [0.25, 0.3) is 0 Å². The smallest absolute Gasteiger partial charge is 0.335 e. The lowest BCUT2D eigenvalue weighted by Crippen LogP contribution is -2.29. The third kappa shape index (κ3) is 2.80. The van der Waals surface area contributed by atoms with Crippen LogP contribution in [-0.2, 0) is 0 Å². The van der Waals surface area contributed by atoms with Crippen molar-refractivity contribution in [3.63, 3.8) is 0 Å². The molecule has 1 aliphatic carbocycles. The fourth-order valence-corrected chi connectivity index (χ4v) is 2.79. The average molecular weight is 298 g/mol. The molecular formula is C13H16BrNO2. The van der Waals surface area contributed by atoms with Crippen LogP contribution in [0.2, 0.25) is 0 Å². The number of halogens is 1. The number of benzene rings is 1. The quantitative estimate of drug-likeness (QED) is 0.926. The van der Waals surface area contributed by atoms with Crippen molar-refractivity contribution in [3.8, 4) is 0 Å². The zero-order valence-corrected chi connectivity index (χ0v) is 11.4.